The molecule has 3 aromatic rings. The first-order valence-corrected chi connectivity index (χ1v) is 8.77. The van der Waals surface area contributed by atoms with Gasteiger partial charge in [-0.25, -0.2) is 0 Å². The number of pyridine rings is 1. The van der Waals surface area contributed by atoms with Crippen molar-refractivity contribution in [1.82, 2.24) is 15.6 Å². The van der Waals surface area contributed by atoms with Gasteiger partial charge in [0.25, 0.3) is 0 Å². The average molecular weight is 335 g/mol. The van der Waals surface area contributed by atoms with Crippen molar-refractivity contribution >= 4 is 10.8 Å². The Kier molecular flexibility index (Phi) is 6.51. The van der Waals surface area contributed by atoms with Crippen LogP contribution in [0.4, 0.5) is 0 Å². The van der Waals surface area contributed by atoms with Gasteiger partial charge in [-0.2, -0.15) is 0 Å². The summed E-state index contributed by atoms with van der Waals surface area (Å²) in [4.78, 5) is 4.13. The Balaban J connectivity index is 1.33. The van der Waals surface area contributed by atoms with E-state index in [0.29, 0.717) is 13.1 Å². The van der Waals surface area contributed by atoms with Crippen LogP contribution in [0.3, 0.4) is 0 Å². The number of aliphatic hydroxyl groups is 1. The van der Waals surface area contributed by atoms with Crippen molar-refractivity contribution in [3.8, 4) is 0 Å². The van der Waals surface area contributed by atoms with E-state index >= 15 is 0 Å². The molecule has 1 heterocycles. The van der Waals surface area contributed by atoms with E-state index in [1.165, 1.54) is 16.5 Å². The lowest BCUT2D eigenvalue weighted by molar-refractivity contribution is 0.168. The number of rotatable bonds is 9. The minimum absolute atomic E-state index is 0.388. The molecular formula is C21H25N3O. The molecule has 0 saturated carbocycles. The summed E-state index contributed by atoms with van der Waals surface area (Å²) >= 11 is 0. The molecule has 1 atom stereocenters. The number of aromatic nitrogens is 1. The van der Waals surface area contributed by atoms with Gasteiger partial charge in [0.15, 0.2) is 0 Å². The molecule has 0 aliphatic heterocycles. The second-order valence-corrected chi connectivity index (χ2v) is 6.28. The molecule has 0 amide bonds. The van der Waals surface area contributed by atoms with E-state index in [2.05, 4.69) is 58.1 Å². The number of aliphatic hydroxyl groups excluding tert-OH is 1. The van der Waals surface area contributed by atoms with Crippen LogP contribution in [0.1, 0.15) is 11.1 Å². The largest absolute Gasteiger partial charge is 0.390 e. The van der Waals surface area contributed by atoms with Gasteiger partial charge in [-0.1, -0.05) is 42.5 Å². The fraction of sp³-hybridized carbons (Fsp3) is 0.286. The quantitative estimate of drug-likeness (QED) is 0.526. The Bertz CT molecular complexity index is 776. The topological polar surface area (TPSA) is 57.2 Å². The first-order valence-electron chi connectivity index (χ1n) is 8.77. The highest BCUT2D eigenvalue weighted by molar-refractivity contribution is 5.81. The maximum Gasteiger partial charge on any atom is 0.0788 e. The fourth-order valence-electron chi connectivity index (χ4n) is 2.84. The Labute approximate surface area is 148 Å². The molecule has 0 saturated heterocycles. The first kappa shape index (κ1) is 17.5. The van der Waals surface area contributed by atoms with E-state index in [-0.39, 0.29) is 6.10 Å². The van der Waals surface area contributed by atoms with Gasteiger partial charge in [0, 0.05) is 37.4 Å². The highest BCUT2D eigenvalue weighted by Crippen LogP contribution is 2.14. The molecule has 0 bridgehead atoms. The van der Waals surface area contributed by atoms with Crippen molar-refractivity contribution in [2.24, 2.45) is 0 Å². The van der Waals surface area contributed by atoms with E-state index in [9.17, 15) is 5.11 Å². The number of nitrogens with zero attached hydrogens (tertiary/aromatic N) is 1. The molecule has 0 spiro atoms. The Morgan fingerprint density at radius 3 is 2.60 bits per heavy atom. The molecule has 25 heavy (non-hydrogen) atoms. The molecule has 130 valence electrons. The van der Waals surface area contributed by atoms with Crippen LogP contribution in [0.2, 0.25) is 0 Å². The molecule has 1 unspecified atom stereocenters. The van der Waals surface area contributed by atoms with Crippen molar-refractivity contribution in [2.75, 3.05) is 19.6 Å². The Morgan fingerprint density at radius 1 is 0.880 bits per heavy atom. The summed E-state index contributed by atoms with van der Waals surface area (Å²) in [6.45, 7) is 2.80. The maximum absolute atomic E-state index is 10.1. The second kappa shape index (κ2) is 9.28. The molecule has 0 fully saturated rings. The molecule has 4 heteroatoms. The first-order chi connectivity index (χ1) is 12.3. The summed E-state index contributed by atoms with van der Waals surface area (Å²) in [5.74, 6) is 0. The van der Waals surface area contributed by atoms with Crippen LogP contribution < -0.4 is 10.6 Å². The predicted octanol–water partition coefficient (Wildman–Crippen LogP) is 2.52. The molecule has 0 aliphatic rings. The monoisotopic (exact) mass is 335 g/mol. The summed E-state index contributed by atoms with van der Waals surface area (Å²) in [5.41, 5.74) is 2.53. The Morgan fingerprint density at radius 2 is 1.72 bits per heavy atom. The van der Waals surface area contributed by atoms with Gasteiger partial charge in [-0.3, -0.25) is 4.98 Å². The molecule has 1 aromatic heterocycles. The third kappa shape index (κ3) is 5.64. The van der Waals surface area contributed by atoms with Crippen LogP contribution in [0.25, 0.3) is 10.8 Å². The number of nitrogens with one attached hydrogen (secondary N) is 2. The minimum Gasteiger partial charge on any atom is -0.390 e. The van der Waals surface area contributed by atoms with Crippen LogP contribution in [0.5, 0.6) is 0 Å². The number of fused-ring (bicyclic) bond motifs is 1. The minimum atomic E-state index is -0.388. The van der Waals surface area contributed by atoms with Crippen molar-refractivity contribution in [3.63, 3.8) is 0 Å². The molecule has 3 rings (SSSR count). The van der Waals surface area contributed by atoms with E-state index in [1.54, 1.807) is 0 Å². The molecule has 3 N–H and O–H groups in total. The maximum atomic E-state index is 10.1. The third-order valence-corrected chi connectivity index (χ3v) is 4.23. The van der Waals surface area contributed by atoms with Crippen molar-refractivity contribution < 1.29 is 5.11 Å². The van der Waals surface area contributed by atoms with Gasteiger partial charge in [0.05, 0.1) is 6.10 Å². The molecular weight excluding hydrogens is 310 g/mol. The summed E-state index contributed by atoms with van der Waals surface area (Å²) < 4.78 is 0. The van der Waals surface area contributed by atoms with Crippen LogP contribution in [-0.2, 0) is 13.0 Å². The van der Waals surface area contributed by atoms with Gasteiger partial charge >= 0.3 is 0 Å². The SMILES string of the molecule is OC(CNCCc1ccccc1)CNCc1ccc2cnccc2c1. The Hall–Kier alpha value is -2.27. The lowest BCUT2D eigenvalue weighted by atomic mass is 10.1. The van der Waals surface area contributed by atoms with Crippen LogP contribution in [-0.4, -0.2) is 35.8 Å². The summed E-state index contributed by atoms with van der Waals surface area (Å²) in [6, 6.07) is 18.7. The summed E-state index contributed by atoms with van der Waals surface area (Å²) in [5, 5.41) is 19.0. The van der Waals surface area contributed by atoms with E-state index in [0.717, 1.165) is 24.9 Å². The molecule has 4 nitrogen and oxygen atoms in total. The van der Waals surface area contributed by atoms with Crippen molar-refractivity contribution in [1.29, 1.82) is 0 Å². The number of hydrogen-bond acceptors (Lipinski definition) is 4. The standard InChI is InChI=1S/C21H25N3O/c25-21(15-23-10-8-17-4-2-1-3-5-17)16-24-13-18-6-7-20-14-22-11-9-19(20)12-18/h1-7,9,11-12,14,21,23-25H,8,10,13,15-16H2. The molecule has 0 aliphatic carbocycles. The second-order valence-electron chi connectivity index (χ2n) is 6.28. The van der Waals surface area contributed by atoms with Crippen molar-refractivity contribution in [3.05, 3.63) is 78.1 Å². The highest BCUT2D eigenvalue weighted by Gasteiger charge is 2.03. The van der Waals surface area contributed by atoms with Crippen LogP contribution >= 0.6 is 0 Å². The molecule has 2 aromatic carbocycles. The summed E-state index contributed by atoms with van der Waals surface area (Å²) in [6.07, 6.45) is 4.27. The zero-order valence-electron chi connectivity index (χ0n) is 14.4. The smallest absolute Gasteiger partial charge is 0.0788 e. The lowest BCUT2D eigenvalue weighted by Crippen LogP contribution is -2.36. The predicted molar refractivity (Wildman–Crippen MR) is 102 cm³/mol. The number of hydrogen-bond donors (Lipinski definition) is 3. The van der Waals surface area contributed by atoms with Gasteiger partial charge in [0.1, 0.15) is 0 Å². The normalized spacial score (nSPS) is 12.4. The van der Waals surface area contributed by atoms with E-state index in [1.807, 2.05) is 24.5 Å². The van der Waals surface area contributed by atoms with Crippen molar-refractivity contribution in [2.45, 2.75) is 19.1 Å². The van der Waals surface area contributed by atoms with E-state index < -0.39 is 0 Å². The third-order valence-electron chi connectivity index (χ3n) is 4.23. The van der Waals surface area contributed by atoms with Crippen LogP contribution in [0, 0.1) is 0 Å². The van der Waals surface area contributed by atoms with Gasteiger partial charge in [0.2, 0.25) is 0 Å². The van der Waals surface area contributed by atoms with Gasteiger partial charge < -0.3 is 15.7 Å². The molecule has 0 radical (unpaired) electrons. The van der Waals surface area contributed by atoms with Gasteiger partial charge in [-0.15, -0.1) is 0 Å². The lowest BCUT2D eigenvalue weighted by Gasteiger charge is -2.13. The summed E-state index contributed by atoms with van der Waals surface area (Å²) in [7, 11) is 0. The zero-order chi connectivity index (χ0) is 17.3. The van der Waals surface area contributed by atoms with Crippen LogP contribution in [0.15, 0.2) is 67.0 Å². The van der Waals surface area contributed by atoms with E-state index in [4.69, 9.17) is 0 Å². The number of benzene rings is 2. The van der Waals surface area contributed by atoms with Gasteiger partial charge in [-0.05, 0) is 41.6 Å². The fourth-order valence-corrected chi connectivity index (χ4v) is 2.84. The highest BCUT2D eigenvalue weighted by atomic mass is 16.3. The average Bonchev–Trinajstić information content (AvgIpc) is 2.66. The zero-order valence-corrected chi connectivity index (χ0v) is 14.4.